The highest BCUT2D eigenvalue weighted by Gasteiger charge is 2.28. The van der Waals surface area contributed by atoms with Crippen molar-refractivity contribution in [1.29, 1.82) is 5.26 Å². The van der Waals surface area contributed by atoms with Gasteiger partial charge in [0.25, 0.3) is 5.91 Å². The van der Waals surface area contributed by atoms with E-state index in [0.717, 1.165) is 28.4 Å². The number of ether oxygens (including phenoxy) is 1. The average molecular weight is 554 g/mol. The zero-order valence-electron chi connectivity index (χ0n) is 22.2. The Bertz CT molecular complexity index is 1600. The molecule has 4 aromatic rings. The third kappa shape index (κ3) is 5.37. The number of carbonyl (C=O) groups excluding carboxylic acids is 2. The summed E-state index contributed by atoms with van der Waals surface area (Å²) in [6.45, 7) is 3.51. The van der Waals surface area contributed by atoms with Crippen molar-refractivity contribution in [3.05, 3.63) is 101 Å². The Morgan fingerprint density at radius 2 is 1.62 bits per heavy atom. The molecule has 1 aliphatic heterocycles. The number of methoxy groups -OCH3 is 1. The van der Waals surface area contributed by atoms with Crippen LogP contribution in [0, 0.1) is 18.3 Å². The van der Waals surface area contributed by atoms with Crippen LogP contribution in [0.4, 0.5) is 10.5 Å². The summed E-state index contributed by atoms with van der Waals surface area (Å²) in [5, 5.41) is 12.5. The molecule has 1 aromatic heterocycles. The highest BCUT2D eigenvalue weighted by Crippen LogP contribution is 2.34. The van der Waals surface area contributed by atoms with Gasteiger partial charge in [-0.15, -0.1) is 0 Å². The van der Waals surface area contributed by atoms with Gasteiger partial charge in [0.15, 0.2) is 0 Å². The quantitative estimate of drug-likeness (QED) is 0.329. The van der Waals surface area contributed by atoms with Crippen molar-refractivity contribution in [3.8, 4) is 28.8 Å². The Balaban J connectivity index is 1.37. The lowest BCUT2D eigenvalue weighted by atomic mass is 10.1. The maximum absolute atomic E-state index is 13.8. The van der Waals surface area contributed by atoms with Gasteiger partial charge in [0.05, 0.1) is 40.7 Å². The number of urea groups is 1. The van der Waals surface area contributed by atoms with Crippen LogP contribution >= 0.6 is 11.6 Å². The molecular formula is C31H28ClN5O3. The number of halogens is 1. The molecule has 9 heteroatoms. The minimum atomic E-state index is -0.259. The lowest BCUT2D eigenvalue weighted by molar-refractivity contribution is 0.0671. The lowest BCUT2D eigenvalue weighted by Gasteiger charge is -2.34. The molecular weight excluding hydrogens is 526 g/mol. The Kier molecular flexibility index (Phi) is 7.76. The maximum atomic E-state index is 13.8. The fourth-order valence-corrected chi connectivity index (χ4v) is 5.11. The van der Waals surface area contributed by atoms with E-state index in [-0.39, 0.29) is 11.9 Å². The predicted octanol–water partition coefficient (Wildman–Crippen LogP) is 5.98. The van der Waals surface area contributed by atoms with Crippen LogP contribution < -0.4 is 10.1 Å². The summed E-state index contributed by atoms with van der Waals surface area (Å²) in [5.74, 6) is 0.646. The molecule has 0 spiro atoms. The first-order valence-electron chi connectivity index (χ1n) is 12.9. The number of piperazine rings is 1. The Morgan fingerprint density at radius 1 is 0.925 bits per heavy atom. The van der Waals surface area contributed by atoms with Crippen LogP contribution in [-0.2, 0) is 0 Å². The van der Waals surface area contributed by atoms with Crippen LogP contribution in [0.25, 0.3) is 16.9 Å². The molecule has 1 fully saturated rings. The third-order valence-corrected chi connectivity index (χ3v) is 7.37. The number of aromatic nitrogens is 1. The van der Waals surface area contributed by atoms with E-state index in [0.29, 0.717) is 48.0 Å². The molecule has 40 heavy (non-hydrogen) atoms. The molecule has 0 unspecified atom stereocenters. The summed E-state index contributed by atoms with van der Waals surface area (Å²) >= 11 is 6.60. The van der Waals surface area contributed by atoms with Gasteiger partial charge in [0, 0.05) is 37.6 Å². The van der Waals surface area contributed by atoms with Crippen LogP contribution in [0.2, 0.25) is 5.02 Å². The zero-order valence-corrected chi connectivity index (χ0v) is 23.0. The van der Waals surface area contributed by atoms with Gasteiger partial charge in [-0.1, -0.05) is 29.8 Å². The van der Waals surface area contributed by atoms with Crippen LogP contribution in [0.3, 0.4) is 0 Å². The number of para-hydroxylation sites is 1. The second-order valence-corrected chi connectivity index (χ2v) is 9.85. The zero-order chi connectivity index (χ0) is 28.2. The Hall–Kier alpha value is -4.74. The highest BCUT2D eigenvalue weighted by atomic mass is 35.5. The van der Waals surface area contributed by atoms with Crippen LogP contribution in [0.15, 0.2) is 78.9 Å². The molecule has 5 rings (SSSR count). The molecule has 0 bridgehead atoms. The predicted molar refractivity (Wildman–Crippen MR) is 155 cm³/mol. The summed E-state index contributed by atoms with van der Waals surface area (Å²) < 4.78 is 7.33. The number of hydrogen-bond acceptors (Lipinski definition) is 4. The van der Waals surface area contributed by atoms with Gasteiger partial charge in [-0.05, 0) is 73.2 Å². The molecule has 0 saturated carbocycles. The van der Waals surface area contributed by atoms with E-state index in [1.165, 1.54) is 0 Å². The molecule has 2 heterocycles. The molecule has 0 atom stereocenters. The maximum Gasteiger partial charge on any atom is 0.321 e. The van der Waals surface area contributed by atoms with Crippen molar-refractivity contribution in [3.63, 3.8) is 0 Å². The average Bonchev–Trinajstić information content (AvgIpc) is 3.33. The smallest absolute Gasteiger partial charge is 0.321 e. The Labute approximate surface area is 238 Å². The third-order valence-electron chi connectivity index (χ3n) is 7.05. The van der Waals surface area contributed by atoms with Crippen molar-refractivity contribution in [2.45, 2.75) is 6.92 Å². The van der Waals surface area contributed by atoms with E-state index in [4.69, 9.17) is 21.6 Å². The number of carbonyl (C=O) groups is 2. The molecule has 3 aromatic carbocycles. The van der Waals surface area contributed by atoms with Gasteiger partial charge in [-0.2, -0.15) is 5.26 Å². The van der Waals surface area contributed by atoms with Crippen molar-refractivity contribution in [2.24, 2.45) is 0 Å². The van der Waals surface area contributed by atoms with E-state index in [1.54, 1.807) is 41.2 Å². The second-order valence-electron chi connectivity index (χ2n) is 9.45. The number of benzene rings is 3. The summed E-state index contributed by atoms with van der Waals surface area (Å²) in [6, 6.07) is 25.7. The molecule has 1 saturated heterocycles. The molecule has 1 N–H and O–H groups in total. The van der Waals surface area contributed by atoms with Crippen molar-refractivity contribution >= 4 is 29.2 Å². The number of nitrogens with zero attached hydrogens (tertiary/aromatic N) is 4. The first-order chi connectivity index (χ1) is 19.4. The van der Waals surface area contributed by atoms with Gasteiger partial charge in [0.2, 0.25) is 0 Å². The second kappa shape index (κ2) is 11.6. The summed E-state index contributed by atoms with van der Waals surface area (Å²) in [6.07, 6.45) is 0. The van der Waals surface area contributed by atoms with Crippen LogP contribution in [0.1, 0.15) is 21.6 Å². The van der Waals surface area contributed by atoms with Gasteiger partial charge in [-0.25, -0.2) is 4.79 Å². The molecule has 0 radical (unpaired) electrons. The Morgan fingerprint density at radius 3 is 2.30 bits per heavy atom. The van der Waals surface area contributed by atoms with Gasteiger partial charge < -0.3 is 24.4 Å². The number of nitriles is 1. The normalized spacial score (nSPS) is 13.1. The largest absolute Gasteiger partial charge is 0.497 e. The number of hydrogen-bond donors (Lipinski definition) is 1. The molecule has 3 amide bonds. The van der Waals surface area contributed by atoms with E-state index in [1.807, 2.05) is 66.1 Å². The summed E-state index contributed by atoms with van der Waals surface area (Å²) in [4.78, 5) is 30.0. The van der Waals surface area contributed by atoms with Crippen molar-refractivity contribution in [2.75, 3.05) is 38.6 Å². The van der Waals surface area contributed by atoms with E-state index < -0.39 is 0 Å². The van der Waals surface area contributed by atoms with Crippen molar-refractivity contribution < 1.29 is 14.3 Å². The summed E-state index contributed by atoms with van der Waals surface area (Å²) in [7, 11) is 1.62. The first kappa shape index (κ1) is 26.9. The van der Waals surface area contributed by atoms with E-state index in [9.17, 15) is 9.59 Å². The first-order valence-corrected chi connectivity index (χ1v) is 13.2. The van der Waals surface area contributed by atoms with Gasteiger partial charge >= 0.3 is 6.03 Å². The highest BCUT2D eigenvalue weighted by molar-refractivity contribution is 6.32. The number of nitrogens with one attached hydrogen (secondary N) is 1. The monoisotopic (exact) mass is 553 g/mol. The minimum Gasteiger partial charge on any atom is -0.497 e. The standard InChI is InChI=1S/C31H28ClN5O3/c1-21-26(19-29(23-10-12-25(40-2)13-11-23)37(21)28-9-4-3-8-27(28)32)30(38)35-14-16-36(17-15-35)31(39)34-24-7-5-6-22(18-24)20-33/h3-13,18-19H,14-17H2,1-2H3,(H,34,39). The number of rotatable bonds is 5. The number of amides is 3. The SMILES string of the molecule is COc1ccc(-c2cc(C(=O)N3CCN(C(=O)Nc4cccc(C#N)c4)CC3)c(C)n2-c2ccccc2Cl)cc1. The minimum absolute atomic E-state index is 0.0974. The molecule has 202 valence electrons. The fourth-order valence-electron chi connectivity index (χ4n) is 4.89. The van der Waals surface area contributed by atoms with Crippen molar-refractivity contribution in [1.82, 2.24) is 14.4 Å². The molecule has 0 aliphatic carbocycles. The van der Waals surface area contributed by atoms with Crippen LogP contribution in [-0.4, -0.2) is 59.6 Å². The molecule has 1 aliphatic rings. The van der Waals surface area contributed by atoms with E-state index in [2.05, 4.69) is 11.4 Å². The topological polar surface area (TPSA) is 90.6 Å². The molecule has 8 nitrogen and oxygen atoms in total. The number of anilines is 1. The van der Waals surface area contributed by atoms with Gasteiger partial charge in [-0.3, -0.25) is 4.79 Å². The fraction of sp³-hybridized carbons (Fsp3) is 0.194. The van der Waals surface area contributed by atoms with E-state index >= 15 is 0 Å². The lowest BCUT2D eigenvalue weighted by Crippen LogP contribution is -2.51. The van der Waals surface area contributed by atoms with Gasteiger partial charge in [0.1, 0.15) is 5.75 Å². The van der Waals surface area contributed by atoms with Crippen LogP contribution in [0.5, 0.6) is 5.75 Å². The summed E-state index contributed by atoms with van der Waals surface area (Å²) in [5.41, 5.74) is 4.94.